The zero-order valence-electron chi connectivity index (χ0n) is 6.19. The van der Waals surface area contributed by atoms with E-state index in [0.29, 0.717) is 5.15 Å². The quantitative estimate of drug-likeness (QED) is 0.643. The van der Waals surface area contributed by atoms with Gasteiger partial charge in [0.1, 0.15) is 5.15 Å². The van der Waals surface area contributed by atoms with Crippen molar-refractivity contribution >= 4 is 11.6 Å². The Labute approximate surface area is 65.8 Å². The molecule has 0 saturated carbocycles. The van der Waals surface area contributed by atoms with E-state index in [1.807, 2.05) is 11.5 Å². The SMILES string of the molecule is CCCn1[c]nc(C)c1Cl. The molecule has 1 aromatic heterocycles. The van der Waals surface area contributed by atoms with E-state index < -0.39 is 0 Å². The summed E-state index contributed by atoms with van der Waals surface area (Å²) in [4.78, 5) is 3.94. The summed E-state index contributed by atoms with van der Waals surface area (Å²) in [7, 11) is 0. The first-order valence-corrected chi connectivity index (χ1v) is 3.73. The average Bonchev–Trinajstić information content (AvgIpc) is 2.20. The van der Waals surface area contributed by atoms with E-state index in [0.717, 1.165) is 18.7 Å². The molecule has 10 heavy (non-hydrogen) atoms. The van der Waals surface area contributed by atoms with Gasteiger partial charge in [-0.2, -0.15) is 0 Å². The molecule has 1 heterocycles. The Morgan fingerprint density at radius 2 is 2.40 bits per heavy atom. The molecule has 0 N–H and O–H groups in total. The van der Waals surface area contributed by atoms with Crippen LogP contribution < -0.4 is 0 Å². The summed E-state index contributed by atoms with van der Waals surface area (Å²) in [5.74, 6) is 0. The highest BCUT2D eigenvalue weighted by Crippen LogP contribution is 2.12. The minimum Gasteiger partial charge on any atom is -0.312 e. The van der Waals surface area contributed by atoms with Gasteiger partial charge in [-0.15, -0.1) is 0 Å². The van der Waals surface area contributed by atoms with E-state index in [1.54, 1.807) is 0 Å². The van der Waals surface area contributed by atoms with Crippen LogP contribution in [-0.4, -0.2) is 9.55 Å². The Kier molecular flexibility index (Phi) is 2.33. The second kappa shape index (κ2) is 3.06. The van der Waals surface area contributed by atoms with Crippen molar-refractivity contribution in [1.82, 2.24) is 9.55 Å². The first-order chi connectivity index (χ1) is 4.75. The van der Waals surface area contributed by atoms with Crippen LogP contribution in [0.2, 0.25) is 5.15 Å². The second-order valence-corrected chi connectivity index (χ2v) is 2.60. The number of nitrogens with zero attached hydrogens (tertiary/aromatic N) is 2. The Balaban J connectivity index is 2.83. The van der Waals surface area contributed by atoms with Gasteiger partial charge in [0.2, 0.25) is 0 Å². The predicted octanol–water partition coefficient (Wildman–Crippen LogP) is 2.06. The third kappa shape index (κ3) is 1.32. The van der Waals surface area contributed by atoms with Crippen molar-refractivity contribution in [2.45, 2.75) is 26.8 Å². The van der Waals surface area contributed by atoms with Crippen LogP contribution in [0.1, 0.15) is 19.0 Å². The molecule has 1 radical (unpaired) electrons. The molecule has 55 valence electrons. The van der Waals surface area contributed by atoms with E-state index in [2.05, 4.69) is 18.2 Å². The maximum absolute atomic E-state index is 5.86. The third-order valence-corrected chi connectivity index (χ3v) is 1.80. The number of rotatable bonds is 2. The maximum Gasteiger partial charge on any atom is 0.177 e. The van der Waals surface area contributed by atoms with Gasteiger partial charge >= 0.3 is 0 Å². The lowest BCUT2D eigenvalue weighted by atomic mass is 10.5. The number of aryl methyl sites for hydroxylation is 2. The fourth-order valence-electron chi connectivity index (χ4n) is 0.792. The summed E-state index contributed by atoms with van der Waals surface area (Å²) < 4.78 is 1.83. The monoisotopic (exact) mass is 157 g/mol. The lowest BCUT2D eigenvalue weighted by Gasteiger charge is -1.97. The molecule has 0 fully saturated rings. The van der Waals surface area contributed by atoms with Crippen LogP contribution in [0.4, 0.5) is 0 Å². The topological polar surface area (TPSA) is 17.8 Å². The molecule has 0 bridgehead atoms. The number of aromatic nitrogens is 2. The van der Waals surface area contributed by atoms with Gasteiger partial charge < -0.3 is 4.57 Å². The first-order valence-electron chi connectivity index (χ1n) is 3.36. The minimum absolute atomic E-state index is 0.710. The number of imidazole rings is 1. The third-order valence-electron chi connectivity index (χ3n) is 1.32. The standard InChI is InChI=1S/C7H10ClN2/c1-3-4-10-5-9-6(2)7(10)8/h3-4H2,1-2H3. The van der Waals surface area contributed by atoms with Crippen molar-refractivity contribution < 1.29 is 0 Å². The molecule has 0 spiro atoms. The minimum atomic E-state index is 0.710. The van der Waals surface area contributed by atoms with Gasteiger partial charge in [-0.3, -0.25) is 0 Å². The van der Waals surface area contributed by atoms with Gasteiger partial charge in [0.15, 0.2) is 6.33 Å². The molecule has 0 saturated heterocycles. The van der Waals surface area contributed by atoms with Gasteiger partial charge in [0, 0.05) is 6.54 Å². The van der Waals surface area contributed by atoms with Crippen molar-refractivity contribution in [2.24, 2.45) is 0 Å². The summed E-state index contributed by atoms with van der Waals surface area (Å²) in [6.45, 7) is 4.88. The molecule has 0 aliphatic heterocycles. The average molecular weight is 158 g/mol. The molecule has 0 aliphatic carbocycles. The van der Waals surface area contributed by atoms with Gasteiger partial charge in [-0.1, -0.05) is 18.5 Å². The van der Waals surface area contributed by atoms with Gasteiger partial charge in [0.05, 0.1) is 5.69 Å². The van der Waals surface area contributed by atoms with Crippen molar-refractivity contribution in [2.75, 3.05) is 0 Å². The largest absolute Gasteiger partial charge is 0.312 e. The van der Waals surface area contributed by atoms with Gasteiger partial charge in [0.25, 0.3) is 0 Å². The fraction of sp³-hybridized carbons (Fsp3) is 0.571. The molecule has 3 heteroatoms. The van der Waals surface area contributed by atoms with E-state index in [-0.39, 0.29) is 0 Å². The fourth-order valence-corrected chi connectivity index (χ4v) is 0.957. The number of hydrogen-bond acceptors (Lipinski definition) is 1. The first kappa shape index (κ1) is 7.61. The van der Waals surface area contributed by atoms with E-state index in [4.69, 9.17) is 11.6 Å². The predicted molar refractivity (Wildman–Crippen MR) is 41.1 cm³/mol. The Hall–Kier alpha value is -0.500. The zero-order valence-corrected chi connectivity index (χ0v) is 6.94. The van der Waals surface area contributed by atoms with Crippen LogP contribution in [0.5, 0.6) is 0 Å². The lowest BCUT2D eigenvalue weighted by Crippen LogP contribution is -1.94. The normalized spacial score (nSPS) is 10.3. The molecule has 0 aliphatic rings. The van der Waals surface area contributed by atoms with Crippen LogP contribution in [0.25, 0.3) is 0 Å². The molecule has 0 atom stereocenters. The highest BCUT2D eigenvalue weighted by atomic mass is 35.5. The van der Waals surface area contributed by atoms with Crippen LogP contribution >= 0.6 is 11.6 Å². The summed E-state index contributed by atoms with van der Waals surface area (Å²) >= 11 is 5.86. The van der Waals surface area contributed by atoms with Gasteiger partial charge in [-0.25, -0.2) is 4.98 Å². The molecule has 0 aromatic carbocycles. The highest BCUT2D eigenvalue weighted by molar-refractivity contribution is 6.30. The second-order valence-electron chi connectivity index (χ2n) is 2.24. The highest BCUT2D eigenvalue weighted by Gasteiger charge is 2.01. The lowest BCUT2D eigenvalue weighted by molar-refractivity contribution is 0.674. The van der Waals surface area contributed by atoms with Crippen LogP contribution in [0, 0.1) is 13.3 Å². The molecular formula is C7H10ClN2. The molecule has 2 nitrogen and oxygen atoms in total. The molecular weight excluding hydrogens is 148 g/mol. The van der Waals surface area contributed by atoms with Crippen molar-refractivity contribution in [3.05, 3.63) is 17.2 Å². The van der Waals surface area contributed by atoms with Crippen molar-refractivity contribution in [3.8, 4) is 0 Å². The molecule has 1 aromatic rings. The van der Waals surface area contributed by atoms with Crippen LogP contribution in [0.15, 0.2) is 0 Å². The zero-order chi connectivity index (χ0) is 7.56. The number of hydrogen-bond donors (Lipinski definition) is 0. The molecule has 1 rings (SSSR count). The Bertz CT molecular complexity index is 217. The molecule has 0 unspecified atom stereocenters. The van der Waals surface area contributed by atoms with E-state index in [9.17, 15) is 0 Å². The van der Waals surface area contributed by atoms with Crippen molar-refractivity contribution in [1.29, 1.82) is 0 Å². The van der Waals surface area contributed by atoms with Crippen molar-refractivity contribution in [3.63, 3.8) is 0 Å². The van der Waals surface area contributed by atoms with E-state index >= 15 is 0 Å². The summed E-state index contributed by atoms with van der Waals surface area (Å²) in [6.07, 6.45) is 3.87. The molecule has 0 amide bonds. The summed E-state index contributed by atoms with van der Waals surface area (Å²) in [6, 6.07) is 0. The summed E-state index contributed by atoms with van der Waals surface area (Å²) in [5, 5.41) is 0.710. The van der Waals surface area contributed by atoms with Gasteiger partial charge in [-0.05, 0) is 13.3 Å². The number of halogens is 1. The van der Waals surface area contributed by atoms with E-state index in [1.165, 1.54) is 0 Å². The Morgan fingerprint density at radius 3 is 2.80 bits per heavy atom. The Morgan fingerprint density at radius 1 is 1.70 bits per heavy atom. The maximum atomic E-state index is 5.86. The van der Waals surface area contributed by atoms with Crippen LogP contribution in [-0.2, 0) is 6.54 Å². The smallest absolute Gasteiger partial charge is 0.177 e. The summed E-state index contributed by atoms with van der Waals surface area (Å²) in [5.41, 5.74) is 0.857. The van der Waals surface area contributed by atoms with Crippen LogP contribution in [0.3, 0.4) is 0 Å².